The number of fused-ring (bicyclic) bond motifs is 1. The molecule has 1 heterocycles. The molecule has 0 fully saturated rings. The molecular weight excluding hydrogens is 238 g/mol. The van der Waals surface area contributed by atoms with Crippen molar-refractivity contribution in [1.29, 1.82) is 0 Å². The van der Waals surface area contributed by atoms with Crippen molar-refractivity contribution < 1.29 is 14.1 Å². The van der Waals surface area contributed by atoms with Crippen LogP contribution < -0.4 is 4.74 Å². The van der Waals surface area contributed by atoms with Crippen molar-refractivity contribution in [2.75, 3.05) is 14.2 Å². The SMILES string of the molecule is COc1ccc(C2=[N+](C)C(=O)c3ccccc32)cc1. The van der Waals surface area contributed by atoms with Crippen LogP contribution >= 0.6 is 0 Å². The number of carbonyl (C=O) groups is 1. The van der Waals surface area contributed by atoms with Crippen LogP contribution in [0.5, 0.6) is 5.75 Å². The average molecular weight is 252 g/mol. The zero-order valence-electron chi connectivity index (χ0n) is 10.9. The number of hydrogen-bond donors (Lipinski definition) is 0. The van der Waals surface area contributed by atoms with E-state index in [2.05, 4.69) is 0 Å². The Morgan fingerprint density at radius 3 is 2.21 bits per heavy atom. The van der Waals surface area contributed by atoms with Crippen molar-refractivity contribution in [2.24, 2.45) is 0 Å². The lowest BCUT2D eigenvalue weighted by atomic mass is 10.00. The van der Waals surface area contributed by atoms with E-state index in [0.717, 1.165) is 28.2 Å². The molecule has 1 aliphatic rings. The summed E-state index contributed by atoms with van der Waals surface area (Å²) in [6.45, 7) is 0. The molecule has 0 radical (unpaired) electrons. The predicted octanol–water partition coefficient (Wildman–Crippen LogP) is 2.33. The summed E-state index contributed by atoms with van der Waals surface area (Å²) in [5.74, 6) is 0.853. The fourth-order valence-electron chi connectivity index (χ4n) is 2.44. The van der Waals surface area contributed by atoms with Gasteiger partial charge in [0.15, 0.2) is 0 Å². The zero-order chi connectivity index (χ0) is 13.4. The van der Waals surface area contributed by atoms with Crippen molar-refractivity contribution in [3.05, 3.63) is 65.2 Å². The first-order valence-electron chi connectivity index (χ1n) is 6.11. The van der Waals surface area contributed by atoms with Crippen LogP contribution in [0.3, 0.4) is 0 Å². The Kier molecular flexibility index (Phi) is 2.67. The highest BCUT2D eigenvalue weighted by molar-refractivity contribution is 6.20. The molecule has 0 saturated carbocycles. The van der Waals surface area contributed by atoms with Gasteiger partial charge in [-0.3, -0.25) is 0 Å². The molecule has 2 aromatic rings. The van der Waals surface area contributed by atoms with E-state index in [4.69, 9.17) is 4.74 Å². The van der Waals surface area contributed by atoms with Gasteiger partial charge >= 0.3 is 5.91 Å². The molecule has 94 valence electrons. The third kappa shape index (κ3) is 1.74. The third-order valence-electron chi connectivity index (χ3n) is 3.42. The molecule has 3 heteroatoms. The van der Waals surface area contributed by atoms with Crippen LogP contribution in [0.2, 0.25) is 0 Å². The Morgan fingerprint density at radius 2 is 1.58 bits per heavy atom. The van der Waals surface area contributed by atoms with E-state index in [1.165, 1.54) is 0 Å². The smallest absolute Gasteiger partial charge is 0.420 e. The topological polar surface area (TPSA) is 29.3 Å². The molecule has 0 aliphatic carbocycles. The van der Waals surface area contributed by atoms with Crippen LogP contribution in [0.4, 0.5) is 0 Å². The van der Waals surface area contributed by atoms with E-state index in [0.29, 0.717) is 0 Å². The van der Waals surface area contributed by atoms with Gasteiger partial charge in [-0.05, 0) is 36.4 Å². The molecule has 3 nitrogen and oxygen atoms in total. The lowest BCUT2D eigenvalue weighted by Gasteiger charge is -2.02. The summed E-state index contributed by atoms with van der Waals surface area (Å²) < 4.78 is 6.86. The maximum absolute atomic E-state index is 12.2. The fraction of sp³-hybridized carbons (Fsp3) is 0.125. The molecule has 1 aliphatic heterocycles. The maximum atomic E-state index is 12.2. The number of hydrogen-bond acceptors (Lipinski definition) is 2. The Hall–Kier alpha value is -2.42. The van der Waals surface area contributed by atoms with E-state index in [9.17, 15) is 4.79 Å². The van der Waals surface area contributed by atoms with Crippen LogP contribution in [0, 0.1) is 0 Å². The van der Waals surface area contributed by atoms with Gasteiger partial charge in [0.05, 0.1) is 12.7 Å². The Labute approximate surface area is 111 Å². The summed E-state index contributed by atoms with van der Waals surface area (Å²) in [5.41, 5.74) is 3.71. The minimum Gasteiger partial charge on any atom is -0.497 e. The van der Waals surface area contributed by atoms with Crippen LogP contribution in [0.25, 0.3) is 0 Å². The first-order valence-corrected chi connectivity index (χ1v) is 6.11. The number of carbonyl (C=O) groups excluding carboxylic acids is 1. The van der Waals surface area contributed by atoms with Gasteiger partial charge in [-0.15, -0.1) is 0 Å². The molecule has 19 heavy (non-hydrogen) atoms. The quantitative estimate of drug-likeness (QED) is 0.768. The van der Waals surface area contributed by atoms with Crippen LogP contribution in [-0.2, 0) is 0 Å². The summed E-state index contributed by atoms with van der Waals surface area (Å²) in [4.78, 5) is 12.2. The van der Waals surface area contributed by atoms with Crippen molar-refractivity contribution in [3.63, 3.8) is 0 Å². The molecule has 0 spiro atoms. The number of nitrogens with zero attached hydrogens (tertiary/aromatic N) is 1. The average Bonchev–Trinajstić information content (AvgIpc) is 2.72. The second kappa shape index (κ2) is 4.35. The largest absolute Gasteiger partial charge is 0.497 e. The molecule has 0 bridgehead atoms. The molecule has 1 amide bonds. The number of methoxy groups -OCH3 is 1. The van der Waals surface area contributed by atoms with Crippen molar-refractivity contribution in [3.8, 4) is 5.75 Å². The molecular formula is C16H14NO2+. The van der Waals surface area contributed by atoms with E-state index in [-0.39, 0.29) is 5.91 Å². The minimum atomic E-state index is 0.0430. The standard InChI is InChI=1S/C16H14NO2/c1-17-15(11-7-9-12(19-2)10-8-11)13-5-3-4-6-14(13)16(17)18/h3-10H,1-2H3/q+1. The lowest BCUT2D eigenvalue weighted by Crippen LogP contribution is -2.16. The summed E-state index contributed by atoms with van der Waals surface area (Å²) >= 11 is 0. The normalized spacial score (nSPS) is 13.7. The molecule has 0 aromatic heterocycles. The van der Waals surface area contributed by atoms with Crippen molar-refractivity contribution in [2.45, 2.75) is 0 Å². The number of amides is 1. The highest BCUT2D eigenvalue weighted by Crippen LogP contribution is 2.23. The van der Waals surface area contributed by atoms with Gasteiger partial charge in [-0.2, -0.15) is 4.58 Å². The van der Waals surface area contributed by atoms with Crippen LogP contribution in [0.15, 0.2) is 48.5 Å². The van der Waals surface area contributed by atoms with E-state index < -0.39 is 0 Å². The molecule has 0 N–H and O–H groups in total. The van der Waals surface area contributed by atoms with Crippen LogP contribution in [-0.4, -0.2) is 30.4 Å². The predicted molar refractivity (Wildman–Crippen MR) is 73.2 cm³/mol. The van der Waals surface area contributed by atoms with Gasteiger partial charge in [0.25, 0.3) is 0 Å². The van der Waals surface area contributed by atoms with Gasteiger partial charge in [0, 0.05) is 5.56 Å². The molecule has 3 rings (SSSR count). The third-order valence-corrected chi connectivity index (χ3v) is 3.42. The second-order valence-electron chi connectivity index (χ2n) is 4.49. The molecule has 2 aromatic carbocycles. The highest BCUT2D eigenvalue weighted by Gasteiger charge is 2.35. The highest BCUT2D eigenvalue weighted by atomic mass is 16.5. The second-order valence-corrected chi connectivity index (χ2v) is 4.49. The van der Waals surface area contributed by atoms with E-state index >= 15 is 0 Å². The number of rotatable bonds is 2. The lowest BCUT2D eigenvalue weighted by molar-refractivity contribution is -0.389. The van der Waals surface area contributed by atoms with Crippen LogP contribution in [0.1, 0.15) is 21.5 Å². The summed E-state index contributed by atoms with van der Waals surface area (Å²) in [6, 6.07) is 15.4. The summed E-state index contributed by atoms with van der Waals surface area (Å²) in [5, 5.41) is 0. The Bertz CT molecular complexity index is 684. The monoisotopic (exact) mass is 252 g/mol. The fourth-order valence-corrected chi connectivity index (χ4v) is 2.44. The maximum Gasteiger partial charge on any atom is 0.420 e. The Morgan fingerprint density at radius 1 is 0.947 bits per heavy atom. The first kappa shape index (κ1) is 11.7. The van der Waals surface area contributed by atoms with E-state index in [1.807, 2.05) is 55.6 Å². The first-order chi connectivity index (χ1) is 9.22. The van der Waals surface area contributed by atoms with Gasteiger partial charge in [-0.25, -0.2) is 4.79 Å². The van der Waals surface area contributed by atoms with Crippen molar-refractivity contribution in [1.82, 2.24) is 0 Å². The van der Waals surface area contributed by atoms with Gasteiger partial charge in [0.1, 0.15) is 18.4 Å². The summed E-state index contributed by atoms with van der Waals surface area (Å²) in [7, 11) is 3.45. The number of ether oxygens (including phenoxy) is 1. The molecule has 0 saturated heterocycles. The molecule has 0 unspecified atom stereocenters. The minimum absolute atomic E-state index is 0.0430. The summed E-state index contributed by atoms with van der Waals surface area (Å²) in [6.07, 6.45) is 0. The van der Waals surface area contributed by atoms with Gasteiger partial charge < -0.3 is 4.74 Å². The van der Waals surface area contributed by atoms with Gasteiger partial charge in [-0.1, -0.05) is 12.1 Å². The van der Waals surface area contributed by atoms with E-state index in [1.54, 1.807) is 11.7 Å². The molecule has 0 atom stereocenters. The Balaban J connectivity index is 2.16. The zero-order valence-corrected chi connectivity index (χ0v) is 10.9. The number of benzene rings is 2. The van der Waals surface area contributed by atoms with Gasteiger partial charge in [0.2, 0.25) is 5.71 Å². The van der Waals surface area contributed by atoms with Crippen molar-refractivity contribution >= 4 is 11.6 Å².